The normalized spacial score (nSPS) is 18.1. The number of benzene rings is 1. The number of amides is 2. The molecule has 2 rings (SSSR count). The molecule has 5 nitrogen and oxygen atoms in total. The van der Waals surface area contributed by atoms with Crippen molar-refractivity contribution in [3.05, 3.63) is 35.9 Å². The van der Waals surface area contributed by atoms with Gasteiger partial charge in [0.1, 0.15) is 0 Å². The molecule has 0 radical (unpaired) electrons. The van der Waals surface area contributed by atoms with Crippen molar-refractivity contribution in [2.75, 3.05) is 19.6 Å². The second kappa shape index (κ2) is 7.78. The first-order chi connectivity index (χ1) is 10.2. The molecule has 1 atom stereocenters. The van der Waals surface area contributed by atoms with Crippen LogP contribution >= 0.6 is 0 Å². The maximum Gasteiger partial charge on any atom is 0.227 e. The van der Waals surface area contributed by atoms with Crippen molar-refractivity contribution in [1.82, 2.24) is 10.2 Å². The largest absolute Gasteiger partial charge is 0.355 e. The molecule has 1 aromatic rings. The first-order valence-corrected chi connectivity index (χ1v) is 7.50. The maximum atomic E-state index is 12.6. The quantitative estimate of drug-likeness (QED) is 0.816. The van der Waals surface area contributed by atoms with Crippen LogP contribution < -0.4 is 11.1 Å². The van der Waals surface area contributed by atoms with Gasteiger partial charge in [0.05, 0.1) is 5.92 Å². The van der Waals surface area contributed by atoms with Gasteiger partial charge in [-0.25, -0.2) is 0 Å². The number of piperidine rings is 1. The lowest BCUT2D eigenvalue weighted by Gasteiger charge is -2.29. The second-order valence-electron chi connectivity index (χ2n) is 5.43. The zero-order valence-corrected chi connectivity index (χ0v) is 12.3. The van der Waals surface area contributed by atoms with Crippen LogP contribution in [0.1, 0.15) is 24.8 Å². The Kier molecular flexibility index (Phi) is 5.75. The monoisotopic (exact) mass is 289 g/mol. The molecule has 3 N–H and O–H groups in total. The van der Waals surface area contributed by atoms with Gasteiger partial charge in [-0.1, -0.05) is 30.3 Å². The fourth-order valence-corrected chi connectivity index (χ4v) is 2.55. The Morgan fingerprint density at radius 1 is 1.33 bits per heavy atom. The van der Waals surface area contributed by atoms with E-state index in [-0.39, 0.29) is 17.7 Å². The summed E-state index contributed by atoms with van der Waals surface area (Å²) >= 11 is 0. The minimum atomic E-state index is -0.107. The van der Waals surface area contributed by atoms with Crippen molar-refractivity contribution in [2.24, 2.45) is 11.7 Å². The molecule has 0 saturated carbocycles. The predicted octanol–water partition coefficient (Wildman–Crippen LogP) is 0.890. The third-order valence-electron chi connectivity index (χ3n) is 3.77. The maximum absolute atomic E-state index is 12.6. The first kappa shape index (κ1) is 15.5. The van der Waals surface area contributed by atoms with Crippen LogP contribution in [0.5, 0.6) is 0 Å². The number of nitrogens with two attached hydrogens (primary N) is 1. The Morgan fingerprint density at radius 2 is 2.10 bits per heavy atom. The standard InChI is InChI=1S/C16H23N3O2/c17-9-4-10-19(12-13-5-2-1-3-6-13)16(21)14-7-8-15(20)18-11-14/h1-3,5-6,14H,4,7-12,17H2,(H,18,20). The van der Waals surface area contributed by atoms with Gasteiger partial charge in [0.2, 0.25) is 11.8 Å². The van der Waals surface area contributed by atoms with E-state index < -0.39 is 0 Å². The van der Waals surface area contributed by atoms with Gasteiger partial charge in [0.15, 0.2) is 0 Å². The fourth-order valence-electron chi connectivity index (χ4n) is 2.55. The van der Waals surface area contributed by atoms with Crippen LogP contribution in [0.3, 0.4) is 0 Å². The van der Waals surface area contributed by atoms with Crippen LogP contribution in [0.25, 0.3) is 0 Å². The Labute approximate surface area is 125 Å². The van der Waals surface area contributed by atoms with Crippen LogP contribution in [0.2, 0.25) is 0 Å². The summed E-state index contributed by atoms with van der Waals surface area (Å²) in [5.41, 5.74) is 6.69. The van der Waals surface area contributed by atoms with Crippen molar-refractivity contribution in [1.29, 1.82) is 0 Å². The number of carbonyl (C=O) groups excluding carboxylic acids is 2. The van der Waals surface area contributed by atoms with E-state index in [2.05, 4.69) is 5.32 Å². The number of nitrogens with one attached hydrogen (secondary N) is 1. The first-order valence-electron chi connectivity index (χ1n) is 7.50. The van der Waals surface area contributed by atoms with E-state index in [1.807, 2.05) is 35.2 Å². The smallest absolute Gasteiger partial charge is 0.227 e. The summed E-state index contributed by atoms with van der Waals surface area (Å²) in [4.78, 5) is 25.7. The van der Waals surface area contributed by atoms with E-state index >= 15 is 0 Å². The second-order valence-corrected chi connectivity index (χ2v) is 5.43. The highest BCUT2D eigenvalue weighted by Crippen LogP contribution is 2.16. The van der Waals surface area contributed by atoms with Gasteiger partial charge in [-0.15, -0.1) is 0 Å². The third-order valence-corrected chi connectivity index (χ3v) is 3.77. The molecule has 1 saturated heterocycles. The number of nitrogens with zero attached hydrogens (tertiary/aromatic N) is 1. The van der Waals surface area contributed by atoms with Gasteiger partial charge in [-0.3, -0.25) is 9.59 Å². The topological polar surface area (TPSA) is 75.4 Å². The molecule has 1 fully saturated rings. The van der Waals surface area contributed by atoms with E-state index in [0.717, 1.165) is 12.0 Å². The Balaban J connectivity index is 2.00. The Hall–Kier alpha value is -1.88. The van der Waals surface area contributed by atoms with Crippen molar-refractivity contribution >= 4 is 11.8 Å². The molecule has 1 aromatic carbocycles. The number of rotatable bonds is 6. The van der Waals surface area contributed by atoms with Gasteiger partial charge < -0.3 is 16.0 Å². The summed E-state index contributed by atoms with van der Waals surface area (Å²) in [5.74, 6) is 0.0482. The van der Waals surface area contributed by atoms with Gasteiger partial charge in [0.25, 0.3) is 0 Å². The summed E-state index contributed by atoms with van der Waals surface area (Å²) in [6.45, 7) is 2.28. The number of hydrogen-bond acceptors (Lipinski definition) is 3. The summed E-state index contributed by atoms with van der Waals surface area (Å²) in [7, 11) is 0. The van der Waals surface area contributed by atoms with Gasteiger partial charge >= 0.3 is 0 Å². The molecule has 1 heterocycles. The molecular weight excluding hydrogens is 266 g/mol. The summed E-state index contributed by atoms with van der Waals surface area (Å²) in [6.07, 6.45) is 1.86. The van der Waals surface area contributed by atoms with Crippen LogP contribution in [-0.2, 0) is 16.1 Å². The van der Waals surface area contributed by atoms with Crippen LogP contribution in [0, 0.1) is 5.92 Å². The molecule has 2 amide bonds. The lowest BCUT2D eigenvalue weighted by atomic mass is 9.97. The van der Waals surface area contributed by atoms with E-state index in [1.54, 1.807) is 0 Å². The third kappa shape index (κ3) is 4.56. The van der Waals surface area contributed by atoms with Gasteiger partial charge in [0, 0.05) is 26.1 Å². The molecule has 1 unspecified atom stereocenters. The van der Waals surface area contributed by atoms with Gasteiger partial charge in [-0.2, -0.15) is 0 Å². The number of hydrogen-bond donors (Lipinski definition) is 2. The zero-order valence-electron chi connectivity index (χ0n) is 12.3. The molecule has 0 aliphatic carbocycles. The molecule has 5 heteroatoms. The highest BCUT2D eigenvalue weighted by Gasteiger charge is 2.28. The number of carbonyl (C=O) groups is 2. The summed E-state index contributed by atoms with van der Waals surface area (Å²) in [5, 5.41) is 2.78. The minimum Gasteiger partial charge on any atom is -0.355 e. The predicted molar refractivity (Wildman–Crippen MR) is 81.3 cm³/mol. The lowest BCUT2D eigenvalue weighted by molar-refractivity contribution is -0.138. The highest BCUT2D eigenvalue weighted by atomic mass is 16.2. The van der Waals surface area contributed by atoms with Crippen LogP contribution in [0.4, 0.5) is 0 Å². The molecular formula is C16H23N3O2. The van der Waals surface area contributed by atoms with Crippen molar-refractivity contribution < 1.29 is 9.59 Å². The minimum absolute atomic E-state index is 0.0376. The zero-order chi connectivity index (χ0) is 15.1. The van der Waals surface area contributed by atoms with Crippen LogP contribution in [-0.4, -0.2) is 36.3 Å². The van der Waals surface area contributed by atoms with E-state index in [1.165, 1.54) is 0 Å². The van der Waals surface area contributed by atoms with Crippen molar-refractivity contribution in [3.63, 3.8) is 0 Å². The average molecular weight is 289 g/mol. The van der Waals surface area contributed by atoms with E-state index in [4.69, 9.17) is 5.73 Å². The fraction of sp³-hybridized carbons (Fsp3) is 0.500. The van der Waals surface area contributed by atoms with E-state index in [0.29, 0.717) is 39.0 Å². The van der Waals surface area contributed by atoms with Crippen molar-refractivity contribution in [2.45, 2.75) is 25.8 Å². The van der Waals surface area contributed by atoms with Crippen LogP contribution in [0.15, 0.2) is 30.3 Å². The molecule has 21 heavy (non-hydrogen) atoms. The molecule has 0 aromatic heterocycles. The van der Waals surface area contributed by atoms with E-state index in [9.17, 15) is 9.59 Å². The molecule has 114 valence electrons. The highest BCUT2D eigenvalue weighted by molar-refractivity contribution is 5.83. The molecule has 1 aliphatic heterocycles. The summed E-state index contributed by atoms with van der Waals surface area (Å²) < 4.78 is 0. The molecule has 0 spiro atoms. The average Bonchev–Trinajstić information content (AvgIpc) is 2.52. The Morgan fingerprint density at radius 3 is 2.71 bits per heavy atom. The molecule has 1 aliphatic rings. The van der Waals surface area contributed by atoms with Crippen molar-refractivity contribution in [3.8, 4) is 0 Å². The summed E-state index contributed by atoms with van der Waals surface area (Å²) in [6, 6.07) is 9.95. The molecule has 0 bridgehead atoms. The SMILES string of the molecule is NCCCN(Cc1ccccc1)C(=O)C1CCC(=O)NC1. The Bertz CT molecular complexity index is 466. The van der Waals surface area contributed by atoms with Gasteiger partial charge in [-0.05, 0) is 24.9 Å². The lowest BCUT2D eigenvalue weighted by Crippen LogP contribution is -2.45.